The van der Waals surface area contributed by atoms with E-state index in [9.17, 15) is 0 Å². The fourth-order valence-corrected chi connectivity index (χ4v) is 9.65. The van der Waals surface area contributed by atoms with Gasteiger partial charge in [-0.1, -0.05) is 72.8 Å². The highest BCUT2D eigenvalue weighted by atomic mass is 16.5. The smallest absolute Gasteiger partial charge is 0.164 e. The first kappa shape index (κ1) is 54.5. The van der Waals surface area contributed by atoms with Crippen LogP contribution in [0.5, 0.6) is 34.5 Å². The molecule has 0 aliphatic carbocycles. The molecule has 1 heterocycles. The molecular formula is C69H66N6O6. The molecular weight excluding hydrogens is 1010 g/mol. The van der Waals surface area contributed by atoms with Crippen LogP contribution in [-0.2, 0) is 39.3 Å². The maximum Gasteiger partial charge on any atom is 0.164 e. The third kappa shape index (κ3) is 14.1. The molecule has 0 unspecified atom stereocenters. The monoisotopic (exact) mass is 1070 g/mol. The Morgan fingerprint density at radius 3 is 0.531 bits per heavy atom. The van der Waals surface area contributed by atoms with Gasteiger partial charge in [-0.25, -0.2) is 15.0 Å². The second kappa shape index (κ2) is 26.2. The molecule has 10 aromatic rings. The maximum absolute atomic E-state index is 5.48. The maximum atomic E-state index is 5.48. The molecule has 1 aromatic heterocycles. The van der Waals surface area contributed by atoms with Crippen molar-refractivity contribution >= 4 is 17.1 Å². The second-order valence-corrected chi connectivity index (χ2v) is 19.6. The van der Waals surface area contributed by atoms with Crippen molar-refractivity contribution < 1.29 is 28.4 Å². The van der Waals surface area contributed by atoms with Crippen molar-refractivity contribution in [1.29, 1.82) is 0 Å². The molecule has 9 aromatic carbocycles. The zero-order valence-corrected chi connectivity index (χ0v) is 46.7. The fourth-order valence-electron chi connectivity index (χ4n) is 9.65. The van der Waals surface area contributed by atoms with Crippen LogP contribution in [0.4, 0.5) is 17.1 Å². The number of aromatic nitrogens is 3. The van der Waals surface area contributed by atoms with E-state index >= 15 is 0 Å². The molecule has 0 radical (unpaired) electrons. The number of methoxy groups -OCH3 is 6. The lowest BCUT2D eigenvalue weighted by Gasteiger charge is -2.26. The molecule has 0 saturated carbocycles. The lowest BCUT2D eigenvalue weighted by atomic mass is 10.1. The van der Waals surface area contributed by atoms with Gasteiger partial charge < -0.3 is 43.1 Å². The van der Waals surface area contributed by atoms with Gasteiger partial charge in [-0.3, -0.25) is 0 Å². The predicted molar refractivity (Wildman–Crippen MR) is 324 cm³/mol. The van der Waals surface area contributed by atoms with E-state index in [2.05, 4.69) is 160 Å². The fraction of sp³-hybridized carbons (Fsp3) is 0.174. The molecule has 0 saturated heterocycles. The van der Waals surface area contributed by atoms with Gasteiger partial charge in [-0.2, -0.15) is 0 Å². The van der Waals surface area contributed by atoms with E-state index in [-0.39, 0.29) is 0 Å². The van der Waals surface area contributed by atoms with E-state index in [1.807, 2.05) is 72.8 Å². The largest absolute Gasteiger partial charge is 0.497 e. The van der Waals surface area contributed by atoms with E-state index in [4.69, 9.17) is 43.4 Å². The molecule has 0 aliphatic rings. The van der Waals surface area contributed by atoms with Crippen molar-refractivity contribution in [2.24, 2.45) is 0 Å². The Hall–Kier alpha value is -9.81. The average Bonchev–Trinajstić information content (AvgIpc) is 3.54. The van der Waals surface area contributed by atoms with Gasteiger partial charge in [0.2, 0.25) is 0 Å². The molecule has 408 valence electrons. The minimum absolute atomic E-state index is 0.563. The van der Waals surface area contributed by atoms with Gasteiger partial charge in [0.05, 0.1) is 42.7 Å². The minimum Gasteiger partial charge on any atom is -0.497 e. The topological polar surface area (TPSA) is 104 Å². The molecule has 12 nitrogen and oxygen atoms in total. The highest BCUT2D eigenvalue weighted by Crippen LogP contribution is 2.32. The second-order valence-electron chi connectivity index (χ2n) is 19.6. The molecule has 0 N–H and O–H groups in total. The number of benzene rings is 9. The number of hydrogen-bond acceptors (Lipinski definition) is 12. The summed E-state index contributed by atoms with van der Waals surface area (Å²) in [5, 5.41) is 0. The van der Waals surface area contributed by atoms with Crippen LogP contribution in [0, 0.1) is 0 Å². The van der Waals surface area contributed by atoms with Crippen molar-refractivity contribution in [2.75, 3.05) is 57.4 Å². The Morgan fingerprint density at radius 2 is 0.383 bits per heavy atom. The first-order valence-electron chi connectivity index (χ1n) is 26.8. The molecule has 0 bridgehead atoms. The molecule has 0 amide bonds. The minimum atomic E-state index is 0.563. The number of anilines is 3. The van der Waals surface area contributed by atoms with Gasteiger partial charge in [0.25, 0.3) is 0 Å². The summed E-state index contributed by atoms with van der Waals surface area (Å²) in [7, 11) is 10.1. The quantitative estimate of drug-likeness (QED) is 0.0575. The normalized spacial score (nSPS) is 10.9. The van der Waals surface area contributed by atoms with Crippen molar-refractivity contribution in [2.45, 2.75) is 39.3 Å². The van der Waals surface area contributed by atoms with E-state index in [1.54, 1.807) is 42.7 Å². The van der Waals surface area contributed by atoms with Crippen LogP contribution in [0.3, 0.4) is 0 Å². The molecule has 0 fully saturated rings. The van der Waals surface area contributed by atoms with Gasteiger partial charge >= 0.3 is 0 Å². The third-order valence-electron chi connectivity index (χ3n) is 14.3. The van der Waals surface area contributed by atoms with Gasteiger partial charge in [0.1, 0.15) is 34.5 Å². The summed E-state index contributed by atoms with van der Waals surface area (Å²) in [5.41, 5.74) is 12.7. The highest BCUT2D eigenvalue weighted by molar-refractivity contribution is 5.70. The molecule has 12 heteroatoms. The van der Waals surface area contributed by atoms with Crippen molar-refractivity contribution in [3.05, 3.63) is 252 Å². The number of hydrogen-bond donors (Lipinski definition) is 0. The van der Waals surface area contributed by atoms with Crippen LogP contribution in [0.25, 0.3) is 34.2 Å². The Kier molecular flexibility index (Phi) is 17.7. The molecule has 0 aliphatic heterocycles. The summed E-state index contributed by atoms with van der Waals surface area (Å²) in [6, 6.07) is 74.9. The molecule has 10 rings (SSSR count). The first-order chi connectivity index (χ1) is 39.7. The van der Waals surface area contributed by atoms with Crippen molar-refractivity contribution in [1.82, 2.24) is 15.0 Å². The molecule has 0 atom stereocenters. The van der Waals surface area contributed by atoms with Crippen molar-refractivity contribution in [3.8, 4) is 68.7 Å². The van der Waals surface area contributed by atoms with E-state index in [0.29, 0.717) is 56.7 Å². The lowest BCUT2D eigenvalue weighted by molar-refractivity contribution is 0.414. The molecule has 81 heavy (non-hydrogen) atoms. The summed E-state index contributed by atoms with van der Waals surface area (Å²) in [4.78, 5) is 22.8. The van der Waals surface area contributed by atoms with Crippen LogP contribution in [0.15, 0.2) is 218 Å². The lowest BCUT2D eigenvalue weighted by Crippen LogP contribution is -2.22. The van der Waals surface area contributed by atoms with E-state index in [1.165, 1.54) is 0 Å². The summed E-state index contributed by atoms with van der Waals surface area (Å²) in [6.45, 7) is 4.06. The van der Waals surface area contributed by atoms with Gasteiger partial charge in [-0.05, 0) is 179 Å². The van der Waals surface area contributed by atoms with Crippen LogP contribution < -0.4 is 43.1 Å². The number of nitrogens with zero attached hydrogens (tertiary/aromatic N) is 6. The van der Waals surface area contributed by atoms with Crippen LogP contribution in [0.2, 0.25) is 0 Å². The summed E-state index contributed by atoms with van der Waals surface area (Å²) >= 11 is 0. The summed E-state index contributed by atoms with van der Waals surface area (Å²) < 4.78 is 32.9. The van der Waals surface area contributed by atoms with Crippen LogP contribution in [0.1, 0.15) is 33.4 Å². The Labute approximate surface area is 475 Å². The van der Waals surface area contributed by atoms with Gasteiger partial charge in [0.15, 0.2) is 17.5 Å². The Balaban J connectivity index is 1.00. The van der Waals surface area contributed by atoms with Crippen molar-refractivity contribution in [3.63, 3.8) is 0 Å². The number of ether oxygens (including phenoxy) is 6. The Morgan fingerprint density at radius 1 is 0.222 bits per heavy atom. The zero-order chi connectivity index (χ0) is 55.9. The number of rotatable bonds is 24. The summed E-state index contributed by atoms with van der Waals surface area (Å²) in [6.07, 6.45) is 0. The van der Waals surface area contributed by atoms with E-state index < -0.39 is 0 Å². The SMILES string of the molecule is COc1ccc(CN(Cc2ccc(OC)cc2)c2ccc(-c3nc(-c4ccc(N(Cc5ccc(OC)cc5)Cc5ccc(OC)cc5)cc4)nc(-c4ccc(N(Cc5ccc(OC)cc5)Cc5ccc(OC)cc5)cc4)n3)cc2)cc1. The predicted octanol–water partition coefficient (Wildman–Crippen LogP) is 14.5. The molecule has 0 spiro atoms. The van der Waals surface area contributed by atoms with Gasteiger partial charge in [-0.15, -0.1) is 0 Å². The van der Waals surface area contributed by atoms with Crippen LogP contribution >= 0.6 is 0 Å². The van der Waals surface area contributed by atoms with Crippen LogP contribution in [-0.4, -0.2) is 57.6 Å². The van der Waals surface area contributed by atoms with Gasteiger partial charge in [0, 0.05) is 73.0 Å². The zero-order valence-electron chi connectivity index (χ0n) is 46.7. The highest BCUT2D eigenvalue weighted by Gasteiger charge is 2.18. The average molecular weight is 1080 g/mol. The summed E-state index contributed by atoms with van der Waals surface area (Å²) in [5.74, 6) is 6.61. The third-order valence-corrected chi connectivity index (χ3v) is 14.3. The first-order valence-corrected chi connectivity index (χ1v) is 26.8. The standard InChI is InChI=1S/C69H66N6O6/c1-76-61-31-7-49(8-32-61)43-73(44-50-9-33-62(77-2)34-10-50)58-25-19-55(20-26-58)67-70-68(56-21-27-59(28-22-56)74(45-51-11-35-63(78-3)36-12-51)46-52-13-37-64(79-4)38-14-52)72-69(71-67)57-23-29-60(30-24-57)75(47-53-15-39-65(80-5)40-16-53)48-54-17-41-66(81-6)42-18-54/h7-42H,43-48H2,1-6H3. The van der Waals surface area contributed by atoms with E-state index in [0.717, 1.165) is 102 Å². The Bertz CT molecular complexity index is 3020.